The Morgan fingerprint density at radius 3 is 2.53 bits per heavy atom. The van der Waals surface area contributed by atoms with E-state index in [0.29, 0.717) is 11.3 Å². The van der Waals surface area contributed by atoms with Crippen LogP contribution in [0.25, 0.3) is 0 Å². The van der Waals surface area contributed by atoms with Crippen LogP contribution in [0, 0.1) is 11.8 Å². The van der Waals surface area contributed by atoms with Crippen molar-refractivity contribution in [1.29, 1.82) is 0 Å². The van der Waals surface area contributed by atoms with Gasteiger partial charge in [0.15, 0.2) is 5.12 Å². The lowest BCUT2D eigenvalue weighted by molar-refractivity contribution is -0.109. The Kier molecular flexibility index (Phi) is 5.27. The second kappa shape index (κ2) is 6.74. The third kappa shape index (κ3) is 4.72. The smallest absolute Gasteiger partial charge is 0.265 e. The summed E-state index contributed by atoms with van der Waals surface area (Å²) in [5, 5.41) is 0.0502. The van der Waals surface area contributed by atoms with Gasteiger partial charge in [-0.1, -0.05) is 23.6 Å². The van der Waals surface area contributed by atoms with Gasteiger partial charge < -0.3 is 0 Å². The molecule has 17 heavy (non-hydrogen) atoms. The summed E-state index contributed by atoms with van der Waals surface area (Å²) >= 11 is 1.17. The van der Waals surface area contributed by atoms with E-state index in [2.05, 4.69) is 11.8 Å². The first-order chi connectivity index (χ1) is 8.13. The molecule has 0 fully saturated rings. The third-order valence-corrected chi connectivity index (χ3v) is 2.55. The fourth-order valence-corrected chi connectivity index (χ4v) is 1.41. The molecule has 0 atom stereocenters. The molecule has 0 bridgehead atoms. The van der Waals surface area contributed by atoms with Crippen LogP contribution >= 0.6 is 11.8 Å². The van der Waals surface area contributed by atoms with E-state index in [1.54, 1.807) is 24.3 Å². The molecule has 1 rings (SSSR count). The molecule has 3 N–H and O–H groups in total. The van der Waals surface area contributed by atoms with Crippen LogP contribution in [-0.2, 0) is 4.79 Å². The quantitative estimate of drug-likeness (QED) is 0.353. The molecule has 0 aliphatic heterocycles. The van der Waals surface area contributed by atoms with Crippen LogP contribution in [0.2, 0.25) is 0 Å². The molecule has 1 amide bonds. The third-order valence-electron chi connectivity index (χ3n) is 1.86. The van der Waals surface area contributed by atoms with E-state index in [9.17, 15) is 9.59 Å². The van der Waals surface area contributed by atoms with Gasteiger partial charge in [-0.05, 0) is 24.3 Å². The molecule has 0 aliphatic rings. The van der Waals surface area contributed by atoms with Gasteiger partial charge in [0.1, 0.15) is 0 Å². The van der Waals surface area contributed by atoms with E-state index >= 15 is 0 Å². The highest BCUT2D eigenvalue weighted by Gasteiger charge is 2.01. The zero-order chi connectivity index (χ0) is 12.7. The van der Waals surface area contributed by atoms with Gasteiger partial charge >= 0.3 is 0 Å². The van der Waals surface area contributed by atoms with Crippen LogP contribution in [0.1, 0.15) is 22.8 Å². The van der Waals surface area contributed by atoms with Gasteiger partial charge in [-0.25, -0.2) is 5.84 Å². The van der Waals surface area contributed by atoms with Crippen LogP contribution < -0.4 is 11.3 Å². The van der Waals surface area contributed by atoms with E-state index in [1.165, 1.54) is 18.7 Å². The number of hydrogen-bond acceptors (Lipinski definition) is 4. The van der Waals surface area contributed by atoms with E-state index in [1.807, 2.05) is 5.43 Å². The second-order valence-corrected chi connectivity index (χ2v) is 4.29. The lowest BCUT2D eigenvalue weighted by Gasteiger charge is -1.98. The molecule has 0 aromatic heterocycles. The number of carbonyl (C=O) groups is 2. The van der Waals surface area contributed by atoms with Gasteiger partial charge in [-0.2, -0.15) is 0 Å². The summed E-state index contributed by atoms with van der Waals surface area (Å²) in [7, 11) is 0. The van der Waals surface area contributed by atoms with Gasteiger partial charge in [-0.3, -0.25) is 15.0 Å². The van der Waals surface area contributed by atoms with Gasteiger partial charge in [0.05, 0.1) is 5.75 Å². The Labute approximate surface area is 104 Å². The largest absolute Gasteiger partial charge is 0.290 e. The molecule has 0 heterocycles. The zero-order valence-corrected chi connectivity index (χ0v) is 10.1. The molecule has 1 aromatic rings. The van der Waals surface area contributed by atoms with Crippen LogP contribution in [0.3, 0.4) is 0 Å². The van der Waals surface area contributed by atoms with E-state index in [-0.39, 0.29) is 11.0 Å². The van der Waals surface area contributed by atoms with Crippen LogP contribution in [0.5, 0.6) is 0 Å². The molecule has 5 heteroatoms. The van der Waals surface area contributed by atoms with E-state index in [0.717, 1.165) is 5.56 Å². The minimum atomic E-state index is -0.336. The Hall–Kier alpha value is -1.77. The Morgan fingerprint density at radius 2 is 2.00 bits per heavy atom. The Morgan fingerprint density at radius 1 is 1.35 bits per heavy atom. The van der Waals surface area contributed by atoms with Crippen molar-refractivity contribution in [2.24, 2.45) is 5.84 Å². The summed E-state index contributed by atoms with van der Waals surface area (Å²) in [6.45, 7) is 1.51. The number of hydrogen-bond donors (Lipinski definition) is 2. The highest BCUT2D eigenvalue weighted by Crippen LogP contribution is 2.03. The number of nitrogens with one attached hydrogen (secondary N) is 1. The molecule has 0 spiro atoms. The summed E-state index contributed by atoms with van der Waals surface area (Å²) in [5.74, 6) is 10.9. The normalized spacial score (nSPS) is 9.06. The number of nitrogens with two attached hydrogens (primary N) is 1. The number of thioether (sulfide) groups is 1. The predicted molar refractivity (Wildman–Crippen MR) is 68.1 cm³/mol. The fraction of sp³-hybridized carbons (Fsp3) is 0.167. The van der Waals surface area contributed by atoms with E-state index < -0.39 is 0 Å². The maximum atomic E-state index is 11.1. The number of rotatable bonds is 2. The topological polar surface area (TPSA) is 72.2 Å². The average Bonchev–Trinajstić information content (AvgIpc) is 2.34. The molecule has 88 valence electrons. The Balaban J connectivity index is 2.62. The molecule has 0 unspecified atom stereocenters. The Bertz CT molecular complexity index is 472. The lowest BCUT2D eigenvalue weighted by atomic mass is 10.1. The second-order valence-electron chi connectivity index (χ2n) is 3.13. The number of amides is 1. The van der Waals surface area contributed by atoms with Crippen molar-refractivity contribution in [2.45, 2.75) is 6.92 Å². The van der Waals surface area contributed by atoms with Crippen molar-refractivity contribution >= 4 is 22.8 Å². The van der Waals surface area contributed by atoms with Crippen LogP contribution in [0.15, 0.2) is 24.3 Å². The molecule has 0 saturated carbocycles. The minimum absolute atomic E-state index is 0.0502. The van der Waals surface area contributed by atoms with Gasteiger partial charge in [0, 0.05) is 18.1 Å². The maximum absolute atomic E-state index is 11.1. The predicted octanol–water partition coefficient (Wildman–Crippen LogP) is 0.921. The van der Waals surface area contributed by atoms with Crippen molar-refractivity contribution in [3.05, 3.63) is 35.4 Å². The summed E-state index contributed by atoms with van der Waals surface area (Å²) in [5.41, 5.74) is 3.33. The fourth-order valence-electron chi connectivity index (χ4n) is 1.06. The summed E-state index contributed by atoms with van der Waals surface area (Å²) in [6.07, 6.45) is 0. The van der Waals surface area contributed by atoms with Gasteiger partial charge in [-0.15, -0.1) is 0 Å². The molecule has 1 aromatic carbocycles. The molecule has 0 radical (unpaired) electrons. The van der Waals surface area contributed by atoms with Crippen LogP contribution in [0.4, 0.5) is 0 Å². The standard InChI is InChI=1S/C12H12N2O2S/c1-9(15)17-8-2-3-10-4-6-11(7-5-10)12(16)14-13/h4-7H,8,13H2,1H3,(H,14,16). The monoisotopic (exact) mass is 248 g/mol. The minimum Gasteiger partial charge on any atom is -0.290 e. The number of carbonyl (C=O) groups excluding carboxylic acids is 2. The molecule has 0 saturated heterocycles. The lowest BCUT2D eigenvalue weighted by Crippen LogP contribution is -2.29. The molecular formula is C12H12N2O2S. The first-order valence-electron chi connectivity index (χ1n) is 4.86. The van der Waals surface area contributed by atoms with Crippen molar-refractivity contribution in [1.82, 2.24) is 5.43 Å². The zero-order valence-electron chi connectivity index (χ0n) is 9.32. The van der Waals surface area contributed by atoms with Crippen molar-refractivity contribution in [3.63, 3.8) is 0 Å². The molecule has 4 nitrogen and oxygen atoms in total. The molecule has 0 aliphatic carbocycles. The highest BCUT2D eigenvalue weighted by atomic mass is 32.2. The summed E-state index contributed by atoms with van der Waals surface area (Å²) in [4.78, 5) is 21.8. The SMILES string of the molecule is CC(=O)SCC#Cc1ccc(C(=O)NN)cc1. The highest BCUT2D eigenvalue weighted by molar-refractivity contribution is 8.13. The van der Waals surface area contributed by atoms with Gasteiger partial charge in [0.25, 0.3) is 5.91 Å². The summed E-state index contributed by atoms with van der Waals surface area (Å²) in [6, 6.07) is 6.75. The average molecular weight is 248 g/mol. The molecular weight excluding hydrogens is 236 g/mol. The van der Waals surface area contributed by atoms with Crippen molar-refractivity contribution in [2.75, 3.05) is 5.75 Å². The number of hydrazine groups is 1. The number of benzene rings is 1. The maximum Gasteiger partial charge on any atom is 0.265 e. The number of nitrogen functional groups attached to an aromatic ring is 1. The van der Waals surface area contributed by atoms with Crippen LogP contribution in [-0.4, -0.2) is 16.8 Å². The summed E-state index contributed by atoms with van der Waals surface area (Å²) < 4.78 is 0. The van der Waals surface area contributed by atoms with Crippen molar-refractivity contribution < 1.29 is 9.59 Å². The first-order valence-corrected chi connectivity index (χ1v) is 5.85. The first kappa shape index (κ1) is 13.3. The van der Waals surface area contributed by atoms with Crippen molar-refractivity contribution in [3.8, 4) is 11.8 Å². The van der Waals surface area contributed by atoms with E-state index in [4.69, 9.17) is 5.84 Å². The van der Waals surface area contributed by atoms with Gasteiger partial charge in [0.2, 0.25) is 0 Å².